The largest absolute Gasteiger partial charge is 0.459 e. The molecular formula is C15H16N4O3. The van der Waals surface area contributed by atoms with Gasteiger partial charge in [-0.25, -0.2) is 4.98 Å². The number of aromatic nitrogens is 2. The van der Waals surface area contributed by atoms with Crippen molar-refractivity contribution in [3.63, 3.8) is 0 Å². The summed E-state index contributed by atoms with van der Waals surface area (Å²) in [6.45, 7) is 1.16. The SMILES string of the molecule is O=C(NC1CCN(C(=O)c2cnccn2)CC1)c1ccco1. The van der Waals surface area contributed by atoms with Crippen LogP contribution in [0.1, 0.15) is 33.9 Å². The minimum absolute atomic E-state index is 0.0449. The summed E-state index contributed by atoms with van der Waals surface area (Å²) >= 11 is 0. The first kappa shape index (κ1) is 14.2. The lowest BCUT2D eigenvalue weighted by atomic mass is 10.0. The molecule has 1 N–H and O–H groups in total. The third-order valence-electron chi connectivity index (χ3n) is 3.64. The molecule has 0 spiro atoms. The van der Waals surface area contributed by atoms with Crippen LogP contribution in [0.3, 0.4) is 0 Å². The molecule has 3 heterocycles. The summed E-state index contributed by atoms with van der Waals surface area (Å²) < 4.78 is 5.06. The molecule has 0 unspecified atom stereocenters. The third kappa shape index (κ3) is 3.13. The summed E-state index contributed by atoms with van der Waals surface area (Å²) in [5.74, 6) is -0.0364. The maximum absolute atomic E-state index is 12.2. The maximum atomic E-state index is 12.2. The Morgan fingerprint density at radius 1 is 1.27 bits per heavy atom. The van der Waals surface area contributed by atoms with E-state index in [2.05, 4.69) is 15.3 Å². The lowest BCUT2D eigenvalue weighted by molar-refractivity contribution is 0.0689. The van der Waals surface area contributed by atoms with Crippen molar-refractivity contribution in [1.29, 1.82) is 0 Å². The van der Waals surface area contributed by atoms with E-state index in [0.717, 1.165) is 0 Å². The second-order valence-electron chi connectivity index (χ2n) is 5.11. The van der Waals surface area contributed by atoms with Crippen molar-refractivity contribution in [1.82, 2.24) is 20.2 Å². The Morgan fingerprint density at radius 2 is 2.09 bits per heavy atom. The number of likely N-dealkylation sites (tertiary alicyclic amines) is 1. The van der Waals surface area contributed by atoms with Crippen LogP contribution in [0.25, 0.3) is 0 Å². The molecule has 7 heteroatoms. The second kappa shape index (κ2) is 6.38. The normalized spacial score (nSPS) is 15.5. The van der Waals surface area contributed by atoms with Gasteiger partial charge in [0.25, 0.3) is 11.8 Å². The molecule has 0 bridgehead atoms. The van der Waals surface area contributed by atoms with E-state index in [1.54, 1.807) is 17.0 Å². The van der Waals surface area contributed by atoms with Gasteiger partial charge < -0.3 is 14.6 Å². The van der Waals surface area contributed by atoms with E-state index in [-0.39, 0.29) is 17.9 Å². The molecule has 1 saturated heterocycles. The lowest BCUT2D eigenvalue weighted by Gasteiger charge is -2.31. The molecule has 0 aromatic carbocycles. The zero-order valence-corrected chi connectivity index (χ0v) is 11.9. The van der Waals surface area contributed by atoms with E-state index >= 15 is 0 Å². The van der Waals surface area contributed by atoms with Crippen molar-refractivity contribution >= 4 is 11.8 Å². The second-order valence-corrected chi connectivity index (χ2v) is 5.11. The van der Waals surface area contributed by atoms with Gasteiger partial charge in [0, 0.05) is 31.5 Å². The number of carbonyl (C=O) groups excluding carboxylic acids is 2. The van der Waals surface area contributed by atoms with Gasteiger partial charge in [-0.2, -0.15) is 0 Å². The first-order valence-electron chi connectivity index (χ1n) is 7.13. The third-order valence-corrected chi connectivity index (χ3v) is 3.64. The van der Waals surface area contributed by atoms with Gasteiger partial charge in [-0.3, -0.25) is 14.6 Å². The van der Waals surface area contributed by atoms with Gasteiger partial charge in [-0.05, 0) is 25.0 Å². The number of nitrogens with one attached hydrogen (secondary N) is 1. The molecule has 1 aliphatic rings. The molecule has 114 valence electrons. The minimum Gasteiger partial charge on any atom is -0.459 e. The highest BCUT2D eigenvalue weighted by Crippen LogP contribution is 2.13. The van der Waals surface area contributed by atoms with Gasteiger partial charge in [-0.1, -0.05) is 0 Å². The molecule has 1 fully saturated rings. The number of amides is 2. The van der Waals surface area contributed by atoms with Crippen LogP contribution in [0.2, 0.25) is 0 Å². The zero-order chi connectivity index (χ0) is 15.4. The van der Waals surface area contributed by atoms with Crippen molar-refractivity contribution in [2.24, 2.45) is 0 Å². The Labute approximate surface area is 127 Å². The summed E-state index contributed by atoms with van der Waals surface area (Å²) in [7, 11) is 0. The van der Waals surface area contributed by atoms with Crippen molar-refractivity contribution in [2.45, 2.75) is 18.9 Å². The number of hydrogen-bond donors (Lipinski definition) is 1. The molecule has 7 nitrogen and oxygen atoms in total. The van der Waals surface area contributed by atoms with E-state index in [1.165, 1.54) is 24.9 Å². The van der Waals surface area contributed by atoms with Crippen LogP contribution in [0.4, 0.5) is 0 Å². The highest BCUT2D eigenvalue weighted by molar-refractivity contribution is 5.92. The van der Waals surface area contributed by atoms with Crippen molar-refractivity contribution in [2.75, 3.05) is 13.1 Å². The Balaban J connectivity index is 1.52. The van der Waals surface area contributed by atoms with Gasteiger partial charge in [0.15, 0.2) is 5.76 Å². The van der Waals surface area contributed by atoms with Crippen LogP contribution in [0, 0.1) is 0 Å². The molecule has 0 saturated carbocycles. The highest BCUT2D eigenvalue weighted by Gasteiger charge is 2.25. The summed E-state index contributed by atoms with van der Waals surface area (Å²) in [6, 6.07) is 3.35. The average molecular weight is 300 g/mol. The molecule has 22 heavy (non-hydrogen) atoms. The number of carbonyl (C=O) groups is 2. The lowest BCUT2D eigenvalue weighted by Crippen LogP contribution is -2.46. The Kier molecular flexibility index (Phi) is 4.13. The van der Waals surface area contributed by atoms with Gasteiger partial charge in [0.2, 0.25) is 0 Å². The maximum Gasteiger partial charge on any atom is 0.287 e. The average Bonchev–Trinajstić information content (AvgIpc) is 3.10. The van der Waals surface area contributed by atoms with Crippen molar-refractivity contribution in [3.05, 3.63) is 48.4 Å². The summed E-state index contributed by atoms with van der Waals surface area (Å²) in [6.07, 6.45) is 7.39. The molecule has 0 aliphatic carbocycles. The summed E-state index contributed by atoms with van der Waals surface area (Å²) in [4.78, 5) is 33.8. The van der Waals surface area contributed by atoms with Crippen LogP contribution < -0.4 is 5.32 Å². The smallest absolute Gasteiger partial charge is 0.287 e. The number of nitrogens with zero attached hydrogens (tertiary/aromatic N) is 3. The number of hydrogen-bond acceptors (Lipinski definition) is 5. The van der Waals surface area contributed by atoms with E-state index in [9.17, 15) is 9.59 Å². The molecule has 0 radical (unpaired) electrons. The standard InChI is InChI=1S/C15H16N4O3/c20-14(13-2-1-9-22-13)18-11-3-7-19(8-4-11)15(21)12-10-16-5-6-17-12/h1-2,5-6,9-11H,3-4,7-8H2,(H,18,20). The molecule has 2 aromatic heterocycles. The van der Waals surface area contributed by atoms with Gasteiger partial charge in [-0.15, -0.1) is 0 Å². The number of rotatable bonds is 3. The van der Waals surface area contributed by atoms with Gasteiger partial charge in [0.05, 0.1) is 12.5 Å². The molecule has 1 aliphatic heterocycles. The predicted molar refractivity (Wildman–Crippen MR) is 77.1 cm³/mol. The highest BCUT2D eigenvalue weighted by atomic mass is 16.3. The fraction of sp³-hybridized carbons (Fsp3) is 0.333. The van der Waals surface area contributed by atoms with Gasteiger partial charge >= 0.3 is 0 Å². The minimum atomic E-state index is -0.219. The van der Waals surface area contributed by atoms with E-state index < -0.39 is 0 Å². The summed E-state index contributed by atoms with van der Waals surface area (Å²) in [5.41, 5.74) is 0.348. The van der Waals surface area contributed by atoms with Crippen LogP contribution >= 0.6 is 0 Å². The fourth-order valence-electron chi connectivity index (χ4n) is 2.46. The Hall–Kier alpha value is -2.70. The molecule has 0 atom stereocenters. The predicted octanol–water partition coefficient (Wildman–Crippen LogP) is 1.10. The quantitative estimate of drug-likeness (QED) is 0.917. The van der Waals surface area contributed by atoms with E-state index in [4.69, 9.17) is 4.42 Å². The summed E-state index contributed by atoms with van der Waals surface area (Å²) in [5, 5.41) is 2.92. The Bertz CT molecular complexity index is 634. The van der Waals surface area contributed by atoms with Crippen LogP contribution in [-0.4, -0.2) is 45.8 Å². The van der Waals surface area contributed by atoms with E-state index in [0.29, 0.717) is 37.4 Å². The van der Waals surface area contributed by atoms with Crippen molar-refractivity contribution in [3.8, 4) is 0 Å². The number of piperidine rings is 1. The number of furan rings is 1. The first-order chi connectivity index (χ1) is 10.7. The molecule has 2 aromatic rings. The fourth-order valence-corrected chi connectivity index (χ4v) is 2.46. The first-order valence-corrected chi connectivity index (χ1v) is 7.13. The zero-order valence-electron chi connectivity index (χ0n) is 11.9. The van der Waals surface area contributed by atoms with Crippen LogP contribution in [-0.2, 0) is 0 Å². The van der Waals surface area contributed by atoms with E-state index in [1.807, 2.05) is 0 Å². The van der Waals surface area contributed by atoms with Crippen LogP contribution in [0.15, 0.2) is 41.4 Å². The Morgan fingerprint density at radius 3 is 2.73 bits per heavy atom. The topological polar surface area (TPSA) is 88.3 Å². The molecule has 3 rings (SSSR count). The monoisotopic (exact) mass is 300 g/mol. The van der Waals surface area contributed by atoms with Crippen LogP contribution in [0.5, 0.6) is 0 Å². The van der Waals surface area contributed by atoms with Crippen molar-refractivity contribution < 1.29 is 14.0 Å². The molecule has 2 amide bonds. The molecular weight excluding hydrogens is 284 g/mol. The van der Waals surface area contributed by atoms with Gasteiger partial charge in [0.1, 0.15) is 5.69 Å².